The van der Waals surface area contributed by atoms with Gasteiger partial charge >= 0.3 is 0 Å². The van der Waals surface area contributed by atoms with Gasteiger partial charge in [-0.25, -0.2) is 8.42 Å². The van der Waals surface area contributed by atoms with Crippen LogP contribution in [0.15, 0.2) is 39.8 Å². The molecule has 0 radical (unpaired) electrons. The predicted octanol–water partition coefficient (Wildman–Crippen LogP) is 4.40. The number of piperidine rings is 1. The third-order valence-corrected chi connectivity index (χ3v) is 10.2. The quantitative estimate of drug-likeness (QED) is 0.501. The van der Waals surface area contributed by atoms with E-state index in [1.165, 1.54) is 22.1 Å². The zero-order valence-electron chi connectivity index (χ0n) is 20.0. The molecule has 1 amide bonds. The summed E-state index contributed by atoms with van der Waals surface area (Å²) in [5, 5.41) is 7.09. The second kappa shape index (κ2) is 9.83. The van der Waals surface area contributed by atoms with E-state index in [0.717, 1.165) is 24.0 Å². The molecule has 2 aromatic heterocycles. The van der Waals surface area contributed by atoms with Gasteiger partial charge in [0.25, 0.3) is 0 Å². The molecule has 3 aromatic rings. The van der Waals surface area contributed by atoms with E-state index in [1.54, 1.807) is 13.0 Å². The fourth-order valence-corrected chi connectivity index (χ4v) is 7.60. The maximum absolute atomic E-state index is 13.4. The van der Waals surface area contributed by atoms with Gasteiger partial charge < -0.3 is 9.84 Å². The number of carbonyl (C=O) groups is 1. The number of aryl methyl sites for hydroxylation is 2. The highest BCUT2D eigenvalue weighted by Gasteiger charge is 2.34. The van der Waals surface area contributed by atoms with E-state index in [2.05, 4.69) is 21.5 Å². The SMILES string of the molecule is Cc1cccc(CNC(=O)C2CCN(S(=O)(=O)c3cc(-c4noc(C5CCC5)n4)sc3C)CC2)c1. The number of hydrogen-bond donors (Lipinski definition) is 1. The van der Waals surface area contributed by atoms with Crippen LogP contribution < -0.4 is 5.32 Å². The lowest BCUT2D eigenvalue weighted by Crippen LogP contribution is -2.42. The Kier molecular flexibility index (Phi) is 6.78. The van der Waals surface area contributed by atoms with E-state index < -0.39 is 10.0 Å². The Morgan fingerprint density at radius 2 is 1.94 bits per heavy atom. The molecule has 2 fully saturated rings. The molecule has 1 aliphatic heterocycles. The Bertz CT molecular complexity index is 1320. The van der Waals surface area contributed by atoms with Crippen LogP contribution in [0.4, 0.5) is 0 Å². The number of sulfonamides is 1. The van der Waals surface area contributed by atoms with Gasteiger partial charge in [-0.15, -0.1) is 11.3 Å². The van der Waals surface area contributed by atoms with Crippen molar-refractivity contribution < 1.29 is 17.7 Å². The summed E-state index contributed by atoms with van der Waals surface area (Å²) < 4.78 is 33.7. The van der Waals surface area contributed by atoms with Crippen molar-refractivity contribution in [3.05, 3.63) is 52.2 Å². The molecule has 1 aromatic carbocycles. The van der Waals surface area contributed by atoms with Gasteiger partial charge in [-0.3, -0.25) is 4.79 Å². The predicted molar refractivity (Wildman–Crippen MR) is 133 cm³/mol. The zero-order chi connectivity index (χ0) is 24.6. The summed E-state index contributed by atoms with van der Waals surface area (Å²) in [6.07, 6.45) is 4.30. The van der Waals surface area contributed by atoms with Crippen molar-refractivity contribution in [2.24, 2.45) is 5.92 Å². The fraction of sp³-hybridized carbons (Fsp3) is 0.480. The van der Waals surface area contributed by atoms with Crippen molar-refractivity contribution in [3.8, 4) is 10.7 Å². The van der Waals surface area contributed by atoms with E-state index in [9.17, 15) is 13.2 Å². The topological polar surface area (TPSA) is 105 Å². The summed E-state index contributed by atoms with van der Waals surface area (Å²) >= 11 is 1.36. The van der Waals surface area contributed by atoms with Crippen LogP contribution in [0.2, 0.25) is 0 Å². The Morgan fingerprint density at radius 1 is 1.17 bits per heavy atom. The average molecular weight is 515 g/mol. The monoisotopic (exact) mass is 514 g/mol. The first-order valence-electron chi connectivity index (χ1n) is 12.1. The van der Waals surface area contributed by atoms with Crippen LogP contribution in [0.5, 0.6) is 0 Å². The van der Waals surface area contributed by atoms with Gasteiger partial charge in [0, 0.05) is 36.3 Å². The summed E-state index contributed by atoms with van der Waals surface area (Å²) in [6, 6.07) is 9.70. The summed E-state index contributed by atoms with van der Waals surface area (Å²) in [5.41, 5.74) is 2.21. The van der Waals surface area contributed by atoms with Gasteiger partial charge in [-0.05, 0) is 51.2 Å². The van der Waals surface area contributed by atoms with Gasteiger partial charge in [-0.1, -0.05) is 41.4 Å². The molecule has 1 saturated carbocycles. The molecule has 1 saturated heterocycles. The van der Waals surface area contributed by atoms with Crippen LogP contribution in [0.1, 0.15) is 59.9 Å². The number of aromatic nitrogens is 2. The number of amides is 1. The molecule has 186 valence electrons. The van der Waals surface area contributed by atoms with Gasteiger partial charge in [0.15, 0.2) is 0 Å². The maximum atomic E-state index is 13.4. The molecule has 5 rings (SSSR count). The lowest BCUT2D eigenvalue weighted by atomic mass is 9.85. The lowest BCUT2D eigenvalue weighted by molar-refractivity contribution is -0.126. The van der Waals surface area contributed by atoms with Crippen LogP contribution in [0, 0.1) is 19.8 Å². The second-order valence-electron chi connectivity index (χ2n) is 9.50. The molecule has 3 heterocycles. The fourth-order valence-electron chi connectivity index (χ4n) is 4.64. The molecular formula is C25H30N4O4S2. The van der Waals surface area contributed by atoms with Gasteiger partial charge in [0.2, 0.25) is 27.6 Å². The number of benzene rings is 1. The van der Waals surface area contributed by atoms with Gasteiger partial charge in [-0.2, -0.15) is 9.29 Å². The summed E-state index contributed by atoms with van der Waals surface area (Å²) in [7, 11) is -3.67. The largest absolute Gasteiger partial charge is 0.352 e. The maximum Gasteiger partial charge on any atom is 0.244 e. The van der Waals surface area contributed by atoms with Crippen molar-refractivity contribution in [1.29, 1.82) is 0 Å². The number of nitrogens with one attached hydrogen (secondary N) is 1. The third-order valence-electron chi connectivity index (χ3n) is 6.98. The van der Waals surface area contributed by atoms with E-state index in [1.807, 2.05) is 25.1 Å². The molecule has 2 aliphatic rings. The minimum absolute atomic E-state index is 0.0167. The Labute approximate surface area is 209 Å². The minimum Gasteiger partial charge on any atom is -0.352 e. The van der Waals surface area contributed by atoms with Crippen molar-refractivity contribution in [2.45, 2.75) is 63.3 Å². The number of hydrogen-bond acceptors (Lipinski definition) is 7. The van der Waals surface area contributed by atoms with E-state index in [-0.39, 0.29) is 16.7 Å². The van der Waals surface area contributed by atoms with Gasteiger partial charge in [0.1, 0.15) is 0 Å². The molecule has 0 bridgehead atoms. The number of rotatable bonds is 7. The first-order valence-corrected chi connectivity index (χ1v) is 14.3. The molecule has 10 heteroatoms. The molecule has 0 atom stereocenters. The van der Waals surface area contributed by atoms with E-state index in [4.69, 9.17) is 4.52 Å². The smallest absolute Gasteiger partial charge is 0.244 e. The first-order chi connectivity index (χ1) is 16.8. The number of thiophene rings is 1. The minimum atomic E-state index is -3.67. The van der Waals surface area contributed by atoms with E-state index in [0.29, 0.717) is 59.9 Å². The summed E-state index contributed by atoms with van der Waals surface area (Å²) in [6.45, 7) is 4.95. The normalized spacial score (nSPS) is 17.9. The highest BCUT2D eigenvalue weighted by molar-refractivity contribution is 7.89. The first kappa shape index (κ1) is 24.1. The standard InChI is InChI=1S/C25H30N4O4S2/c1-16-5-3-6-18(13-16)15-26-24(30)19-9-11-29(12-10-19)35(31,32)22-14-21(34-17(22)2)23-27-25(33-28-23)20-7-4-8-20/h3,5-6,13-14,19-20H,4,7-12,15H2,1-2H3,(H,26,30). The number of nitrogens with zero attached hydrogens (tertiary/aromatic N) is 3. The van der Waals surface area contributed by atoms with Crippen LogP contribution >= 0.6 is 11.3 Å². The zero-order valence-corrected chi connectivity index (χ0v) is 21.6. The molecule has 1 aliphatic carbocycles. The molecular weight excluding hydrogens is 484 g/mol. The lowest BCUT2D eigenvalue weighted by Gasteiger charge is -2.30. The van der Waals surface area contributed by atoms with Crippen molar-refractivity contribution in [2.75, 3.05) is 13.1 Å². The molecule has 35 heavy (non-hydrogen) atoms. The van der Waals surface area contributed by atoms with Crippen molar-refractivity contribution in [1.82, 2.24) is 19.8 Å². The van der Waals surface area contributed by atoms with E-state index >= 15 is 0 Å². The Hall–Kier alpha value is -2.56. The number of carbonyl (C=O) groups excluding carboxylic acids is 1. The molecule has 0 spiro atoms. The Balaban J connectivity index is 1.21. The molecule has 8 nitrogen and oxygen atoms in total. The highest BCUT2D eigenvalue weighted by atomic mass is 32.2. The van der Waals surface area contributed by atoms with Crippen LogP contribution in [0.3, 0.4) is 0 Å². The second-order valence-corrected chi connectivity index (χ2v) is 12.7. The van der Waals surface area contributed by atoms with Crippen LogP contribution in [0.25, 0.3) is 10.7 Å². The Morgan fingerprint density at radius 3 is 2.63 bits per heavy atom. The van der Waals surface area contributed by atoms with Crippen molar-refractivity contribution in [3.63, 3.8) is 0 Å². The van der Waals surface area contributed by atoms with Crippen LogP contribution in [-0.2, 0) is 21.4 Å². The highest BCUT2D eigenvalue weighted by Crippen LogP contribution is 2.38. The summed E-state index contributed by atoms with van der Waals surface area (Å²) in [5.74, 6) is 1.22. The van der Waals surface area contributed by atoms with Crippen molar-refractivity contribution >= 4 is 27.3 Å². The third kappa shape index (κ3) is 5.05. The van der Waals surface area contributed by atoms with Crippen LogP contribution in [-0.4, -0.2) is 41.9 Å². The van der Waals surface area contributed by atoms with Gasteiger partial charge in [0.05, 0.1) is 9.77 Å². The molecule has 0 unspecified atom stereocenters. The molecule has 1 N–H and O–H groups in total. The summed E-state index contributed by atoms with van der Waals surface area (Å²) in [4.78, 5) is 18.9. The average Bonchev–Trinajstić information content (AvgIpc) is 3.44.